The Morgan fingerprint density at radius 1 is 1.03 bits per heavy atom. The summed E-state index contributed by atoms with van der Waals surface area (Å²) in [7, 11) is 1.67. The largest absolute Gasteiger partial charge is 0.497 e. The highest BCUT2D eigenvalue weighted by Gasteiger charge is 2.27. The lowest BCUT2D eigenvalue weighted by Gasteiger charge is -2.35. The number of methoxy groups -OCH3 is 1. The number of hydrogen-bond acceptors (Lipinski definition) is 4. The Morgan fingerprint density at radius 2 is 1.78 bits per heavy atom. The Hall–Kier alpha value is -2.90. The molecule has 1 aliphatic heterocycles. The fraction of sp³-hybridized carbons (Fsp3) is 0.500. The molecule has 6 nitrogen and oxygen atoms in total. The second-order valence-electron chi connectivity index (χ2n) is 9.89. The van der Waals surface area contributed by atoms with E-state index in [1.165, 1.54) is 6.07 Å². The topological polar surface area (TPSA) is 41.0 Å². The molecule has 0 spiro atoms. The van der Waals surface area contributed by atoms with E-state index in [2.05, 4.69) is 41.2 Å². The van der Waals surface area contributed by atoms with Crippen molar-refractivity contribution in [1.82, 2.24) is 19.3 Å². The molecule has 1 aromatic heterocycles. The average Bonchev–Trinajstić information content (AvgIpc) is 3.20. The summed E-state index contributed by atoms with van der Waals surface area (Å²) >= 11 is 0. The van der Waals surface area contributed by atoms with Crippen LogP contribution in [0.5, 0.6) is 5.75 Å². The smallest absolute Gasteiger partial charge is 0.256 e. The van der Waals surface area contributed by atoms with E-state index in [4.69, 9.17) is 4.74 Å². The van der Waals surface area contributed by atoms with Gasteiger partial charge in [-0.2, -0.15) is 0 Å². The van der Waals surface area contributed by atoms with Crippen LogP contribution in [0.1, 0.15) is 41.9 Å². The maximum atomic E-state index is 13.8. The van der Waals surface area contributed by atoms with Crippen LogP contribution >= 0.6 is 0 Å². The van der Waals surface area contributed by atoms with Crippen molar-refractivity contribution >= 4 is 16.8 Å². The normalized spacial score (nSPS) is 14.6. The third-order valence-corrected chi connectivity index (χ3v) is 7.76. The van der Waals surface area contributed by atoms with Crippen LogP contribution in [0.3, 0.4) is 0 Å². The van der Waals surface area contributed by atoms with Gasteiger partial charge >= 0.3 is 0 Å². The van der Waals surface area contributed by atoms with Crippen LogP contribution in [0.4, 0.5) is 4.39 Å². The molecule has 0 unspecified atom stereocenters. The Bertz CT molecular complexity index is 1200. The number of carbonyl (C=O) groups excluding carboxylic acids is 1. The van der Waals surface area contributed by atoms with Gasteiger partial charge in [-0.05, 0) is 75.3 Å². The second-order valence-corrected chi connectivity index (χ2v) is 9.89. The average molecular weight is 509 g/mol. The number of halogens is 1. The molecule has 0 aliphatic carbocycles. The third-order valence-electron chi connectivity index (χ3n) is 7.76. The van der Waals surface area contributed by atoms with E-state index >= 15 is 0 Å². The summed E-state index contributed by atoms with van der Waals surface area (Å²) in [5.41, 5.74) is 3.93. The molecule has 0 saturated carbocycles. The number of aromatic nitrogens is 1. The maximum Gasteiger partial charge on any atom is 0.256 e. The molecule has 200 valence electrons. The second kappa shape index (κ2) is 12.6. The zero-order valence-corrected chi connectivity index (χ0v) is 22.8. The molecule has 3 aromatic rings. The van der Waals surface area contributed by atoms with Gasteiger partial charge in [0.15, 0.2) is 0 Å². The number of nitrogens with zero attached hydrogens (tertiary/aromatic N) is 4. The fourth-order valence-corrected chi connectivity index (χ4v) is 5.45. The van der Waals surface area contributed by atoms with Crippen molar-refractivity contribution in [3.63, 3.8) is 0 Å². The van der Waals surface area contributed by atoms with Crippen LogP contribution in [-0.4, -0.2) is 84.6 Å². The minimum absolute atomic E-state index is 0.100. The molecule has 0 N–H and O–H groups in total. The molecular weight excluding hydrogens is 467 g/mol. The first-order chi connectivity index (χ1) is 17.9. The molecule has 1 fully saturated rings. The van der Waals surface area contributed by atoms with E-state index in [1.54, 1.807) is 19.2 Å². The summed E-state index contributed by atoms with van der Waals surface area (Å²) in [4.78, 5) is 20.6. The number of benzene rings is 2. The number of ether oxygens (including phenoxy) is 1. The van der Waals surface area contributed by atoms with Crippen molar-refractivity contribution in [3.8, 4) is 5.75 Å². The van der Waals surface area contributed by atoms with E-state index in [1.807, 2.05) is 23.1 Å². The van der Waals surface area contributed by atoms with Crippen LogP contribution in [0.2, 0.25) is 0 Å². The van der Waals surface area contributed by atoms with E-state index in [0.29, 0.717) is 13.1 Å². The molecule has 7 heteroatoms. The number of hydrogen-bond donors (Lipinski definition) is 0. The first-order valence-corrected chi connectivity index (χ1v) is 13.6. The van der Waals surface area contributed by atoms with Crippen LogP contribution in [0.15, 0.2) is 42.5 Å². The molecule has 2 heterocycles. The molecule has 0 radical (unpaired) electrons. The van der Waals surface area contributed by atoms with Crippen molar-refractivity contribution in [2.75, 3.05) is 59.5 Å². The maximum absolute atomic E-state index is 13.8. The molecule has 0 atom stereocenters. The van der Waals surface area contributed by atoms with Crippen LogP contribution < -0.4 is 4.74 Å². The highest BCUT2D eigenvalue weighted by Crippen LogP contribution is 2.31. The predicted molar refractivity (Wildman–Crippen MR) is 148 cm³/mol. The van der Waals surface area contributed by atoms with Gasteiger partial charge in [0, 0.05) is 55.9 Å². The van der Waals surface area contributed by atoms with E-state index in [-0.39, 0.29) is 11.7 Å². The van der Waals surface area contributed by atoms with Crippen molar-refractivity contribution in [2.24, 2.45) is 0 Å². The van der Waals surface area contributed by atoms with E-state index < -0.39 is 0 Å². The molecular formula is C30H41FN4O2. The van der Waals surface area contributed by atoms with Gasteiger partial charge in [0.2, 0.25) is 0 Å². The summed E-state index contributed by atoms with van der Waals surface area (Å²) in [6.45, 7) is 14.4. The molecule has 1 amide bonds. The highest BCUT2D eigenvalue weighted by atomic mass is 19.1. The Kier molecular flexibility index (Phi) is 9.22. The summed E-state index contributed by atoms with van der Waals surface area (Å²) in [5, 5.41) is 0.971. The standard InChI is InChI=1S/C30H41FN4O2/c1-5-32(6-2)14-8-15-35-23(3)29(27-22-26(37-4)11-12-28(27)35)30(36)34-19-17-33(18-20-34)16-13-24-9-7-10-25(31)21-24/h7,9-12,21-22H,5-6,8,13-20H2,1-4H3. The number of carbonyl (C=O) groups is 1. The Morgan fingerprint density at radius 3 is 2.46 bits per heavy atom. The van der Waals surface area contributed by atoms with E-state index in [9.17, 15) is 9.18 Å². The third kappa shape index (κ3) is 6.33. The lowest BCUT2D eigenvalue weighted by molar-refractivity contribution is 0.0639. The molecule has 37 heavy (non-hydrogen) atoms. The zero-order chi connectivity index (χ0) is 26.4. The fourth-order valence-electron chi connectivity index (χ4n) is 5.45. The Balaban J connectivity index is 1.46. The van der Waals surface area contributed by atoms with Crippen molar-refractivity contribution in [3.05, 3.63) is 65.1 Å². The highest BCUT2D eigenvalue weighted by molar-refractivity contribution is 6.08. The number of piperazine rings is 1. The summed E-state index contributed by atoms with van der Waals surface area (Å²) in [6, 6.07) is 12.9. The lowest BCUT2D eigenvalue weighted by atomic mass is 10.1. The van der Waals surface area contributed by atoms with Gasteiger partial charge in [0.25, 0.3) is 5.91 Å². The van der Waals surface area contributed by atoms with Crippen LogP contribution in [0, 0.1) is 12.7 Å². The Labute approximate surface area is 220 Å². The number of amides is 1. The monoisotopic (exact) mass is 508 g/mol. The van der Waals surface area contributed by atoms with Gasteiger partial charge in [-0.1, -0.05) is 26.0 Å². The van der Waals surface area contributed by atoms with Gasteiger partial charge in [0.1, 0.15) is 11.6 Å². The summed E-state index contributed by atoms with van der Waals surface area (Å²) in [6.07, 6.45) is 1.85. The first-order valence-electron chi connectivity index (χ1n) is 13.6. The van der Waals surface area contributed by atoms with Gasteiger partial charge in [-0.15, -0.1) is 0 Å². The first kappa shape index (κ1) is 27.1. The summed E-state index contributed by atoms with van der Waals surface area (Å²) < 4.78 is 21.3. The summed E-state index contributed by atoms with van der Waals surface area (Å²) in [5.74, 6) is 0.680. The molecule has 4 rings (SSSR count). The van der Waals surface area contributed by atoms with Crippen molar-refractivity contribution in [2.45, 2.75) is 40.2 Å². The van der Waals surface area contributed by atoms with Gasteiger partial charge in [0.05, 0.1) is 12.7 Å². The quantitative estimate of drug-likeness (QED) is 0.372. The zero-order valence-electron chi connectivity index (χ0n) is 22.8. The number of rotatable bonds is 11. The van der Waals surface area contributed by atoms with Crippen molar-refractivity contribution < 1.29 is 13.9 Å². The predicted octanol–water partition coefficient (Wildman–Crippen LogP) is 4.83. The van der Waals surface area contributed by atoms with Crippen LogP contribution in [-0.2, 0) is 13.0 Å². The minimum Gasteiger partial charge on any atom is -0.497 e. The molecule has 1 aliphatic rings. The molecule has 0 bridgehead atoms. The van der Waals surface area contributed by atoms with Gasteiger partial charge in [-0.3, -0.25) is 9.69 Å². The molecule has 1 saturated heterocycles. The van der Waals surface area contributed by atoms with Gasteiger partial charge < -0.3 is 19.1 Å². The molecule has 2 aromatic carbocycles. The number of fused-ring (bicyclic) bond motifs is 1. The van der Waals surface area contributed by atoms with Crippen molar-refractivity contribution in [1.29, 1.82) is 0 Å². The van der Waals surface area contributed by atoms with Gasteiger partial charge in [-0.25, -0.2) is 4.39 Å². The van der Waals surface area contributed by atoms with E-state index in [0.717, 1.165) is 92.1 Å². The number of aryl methyl sites for hydroxylation is 1. The lowest BCUT2D eigenvalue weighted by Crippen LogP contribution is -2.49. The SMILES string of the molecule is CCN(CC)CCCn1c(C)c(C(=O)N2CCN(CCc3cccc(F)c3)CC2)c2cc(OC)ccc21. The van der Waals surface area contributed by atoms with Crippen LogP contribution in [0.25, 0.3) is 10.9 Å². The minimum atomic E-state index is -0.188.